The van der Waals surface area contributed by atoms with Crippen molar-refractivity contribution in [1.82, 2.24) is 9.97 Å². The number of allylic oxidation sites excluding steroid dienone is 1. The molecule has 3 N–H and O–H groups in total. The number of nitrogens with zero attached hydrogens (tertiary/aromatic N) is 2. The standard InChI is InChI=1S/C20H15F7N4O3/c21-9-1-2-11(22)10(5-9)15-17(31-18(33)12(32)6-14(28)20(25,26)27)16(30-8-29-15)13-3-4-19(23,24)7-34-13/h1-2,5-6,8,13H,3-4,7,28H2,(H,31,33)/b14-6-. The van der Waals surface area contributed by atoms with E-state index in [2.05, 4.69) is 9.97 Å². The number of alkyl halides is 5. The Bertz CT molecular complexity index is 1140. The van der Waals surface area contributed by atoms with Gasteiger partial charge in [-0.25, -0.2) is 27.5 Å². The van der Waals surface area contributed by atoms with Crippen LogP contribution in [0.2, 0.25) is 0 Å². The number of ketones is 1. The monoisotopic (exact) mass is 492 g/mol. The molecule has 3 rings (SSSR count). The van der Waals surface area contributed by atoms with Crippen molar-refractivity contribution in [1.29, 1.82) is 0 Å². The van der Waals surface area contributed by atoms with Crippen molar-refractivity contribution >= 4 is 17.4 Å². The van der Waals surface area contributed by atoms with Gasteiger partial charge in [0.05, 0.1) is 11.4 Å². The topological polar surface area (TPSA) is 107 Å². The summed E-state index contributed by atoms with van der Waals surface area (Å²) in [6, 6.07) is 2.24. The van der Waals surface area contributed by atoms with Crippen molar-refractivity contribution in [2.75, 3.05) is 11.9 Å². The van der Waals surface area contributed by atoms with Crippen LogP contribution in [0.25, 0.3) is 11.3 Å². The number of nitrogens with one attached hydrogen (secondary N) is 1. The third kappa shape index (κ3) is 5.68. The van der Waals surface area contributed by atoms with Crippen LogP contribution in [0.3, 0.4) is 0 Å². The van der Waals surface area contributed by atoms with Gasteiger partial charge in [0.15, 0.2) is 0 Å². The van der Waals surface area contributed by atoms with E-state index < -0.39 is 77.2 Å². The molecule has 34 heavy (non-hydrogen) atoms. The smallest absolute Gasteiger partial charge is 0.395 e. The Labute approximate surface area is 186 Å². The molecule has 0 radical (unpaired) electrons. The Hall–Kier alpha value is -3.55. The molecule has 7 nitrogen and oxygen atoms in total. The minimum Gasteiger partial charge on any atom is -0.395 e. The molecule has 2 aromatic rings. The third-order valence-corrected chi connectivity index (χ3v) is 4.71. The van der Waals surface area contributed by atoms with E-state index >= 15 is 0 Å². The predicted molar refractivity (Wildman–Crippen MR) is 102 cm³/mol. The van der Waals surface area contributed by atoms with E-state index in [0.29, 0.717) is 6.07 Å². The molecular weight excluding hydrogens is 477 g/mol. The number of benzene rings is 1. The Morgan fingerprint density at radius 2 is 1.91 bits per heavy atom. The molecule has 182 valence electrons. The highest BCUT2D eigenvalue weighted by molar-refractivity contribution is 6.45. The van der Waals surface area contributed by atoms with Crippen molar-refractivity contribution in [3.05, 3.63) is 53.6 Å². The lowest BCUT2D eigenvalue weighted by molar-refractivity contribution is -0.146. The summed E-state index contributed by atoms with van der Waals surface area (Å²) >= 11 is 0. The molecule has 1 unspecified atom stereocenters. The summed E-state index contributed by atoms with van der Waals surface area (Å²) in [5, 5.41) is 1.96. The zero-order valence-electron chi connectivity index (χ0n) is 16.9. The number of carbonyl (C=O) groups is 2. The molecule has 1 saturated heterocycles. The fourth-order valence-electron chi connectivity index (χ4n) is 3.05. The lowest BCUT2D eigenvalue weighted by Crippen LogP contribution is -2.32. The average Bonchev–Trinajstić information content (AvgIpc) is 2.75. The number of amides is 1. The second kappa shape index (κ2) is 9.37. The quantitative estimate of drug-likeness (QED) is 0.374. The van der Waals surface area contributed by atoms with Crippen LogP contribution >= 0.6 is 0 Å². The van der Waals surface area contributed by atoms with E-state index in [1.54, 1.807) is 0 Å². The molecule has 1 aromatic carbocycles. The number of aromatic nitrogens is 2. The van der Waals surface area contributed by atoms with Gasteiger partial charge in [-0.05, 0) is 24.6 Å². The second-order valence-electron chi connectivity index (χ2n) is 7.22. The first kappa shape index (κ1) is 25.1. The molecule has 0 spiro atoms. The summed E-state index contributed by atoms with van der Waals surface area (Å²) in [5.41, 5.74) is 1.13. The van der Waals surface area contributed by atoms with Crippen LogP contribution in [0.5, 0.6) is 0 Å². The van der Waals surface area contributed by atoms with Gasteiger partial charge in [0.2, 0.25) is 5.78 Å². The van der Waals surface area contributed by atoms with Crippen molar-refractivity contribution in [3.8, 4) is 11.3 Å². The molecule has 0 saturated carbocycles. The number of hydrogen-bond donors (Lipinski definition) is 2. The van der Waals surface area contributed by atoms with Crippen molar-refractivity contribution in [2.45, 2.75) is 31.0 Å². The van der Waals surface area contributed by atoms with E-state index in [9.17, 15) is 40.3 Å². The highest BCUT2D eigenvalue weighted by Crippen LogP contribution is 2.40. The summed E-state index contributed by atoms with van der Waals surface area (Å²) in [7, 11) is 0. The zero-order valence-corrected chi connectivity index (χ0v) is 16.9. The van der Waals surface area contributed by atoms with E-state index in [4.69, 9.17) is 10.5 Å². The molecule has 0 bridgehead atoms. The number of nitrogens with two attached hydrogens (primary N) is 1. The maximum Gasteiger partial charge on any atom is 0.430 e. The third-order valence-electron chi connectivity index (χ3n) is 4.71. The van der Waals surface area contributed by atoms with Crippen LogP contribution in [-0.2, 0) is 14.3 Å². The summed E-state index contributed by atoms with van der Waals surface area (Å²) in [5.74, 6) is -8.43. The van der Waals surface area contributed by atoms with Gasteiger partial charge in [0, 0.05) is 18.1 Å². The van der Waals surface area contributed by atoms with Gasteiger partial charge in [-0.3, -0.25) is 9.59 Å². The number of ether oxygens (including phenoxy) is 1. The molecule has 0 aliphatic carbocycles. The van der Waals surface area contributed by atoms with Gasteiger partial charge in [-0.15, -0.1) is 0 Å². The Morgan fingerprint density at radius 1 is 1.21 bits per heavy atom. The number of anilines is 1. The van der Waals surface area contributed by atoms with Gasteiger partial charge in [0.25, 0.3) is 11.8 Å². The maximum atomic E-state index is 14.4. The maximum absolute atomic E-state index is 14.4. The molecule has 2 heterocycles. The van der Waals surface area contributed by atoms with Crippen molar-refractivity contribution in [3.63, 3.8) is 0 Å². The lowest BCUT2D eigenvalue weighted by Gasteiger charge is -2.29. The van der Waals surface area contributed by atoms with Gasteiger partial charge >= 0.3 is 6.18 Å². The molecule has 1 aliphatic heterocycles. The predicted octanol–water partition coefficient (Wildman–Crippen LogP) is 3.82. The highest BCUT2D eigenvalue weighted by Gasteiger charge is 2.39. The summed E-state index contributed by atoms with van der Waals surface area (Å²) in [6.07, 6.45) is -6.52. The first-order chi connectivity index (χ1) is 15.8. The molecule has 1 aliphatic rings. The van der Waals surface area contributed by atoms with Crippen LogP contribution in [0.4, 0.5) is 36.4 Å². The Morgan fingerprint density at radius 3 is 2.53 bits per heavy atom. The highest BCUT2D eigenvalue weighted by atomic mass is 19.4. The molecule has 1 atom stereocenters. The average molecular weight is 492 g/mol. The van der Waals surface area contributed by atoms with Gasteiger partial charge in [-0.2, -0.15) is 13.2 Å². The lowest BCUT2D eigenvalue weighted by atomic mass is 10.00. The minimum absolute atomic E-state index is 0.168. The van der Waals surface area contributed by atoms with Crippen LogP contribution in [0, 0.1) is 11.6 Å². The molecule has 14 heteroatoms. The SMILES string of the molecule is N/C(=C\C(=O)C(=O)Nc1c(-c2cc(F)ccc2F)ncnc1C1CCC(F)(F)CO1)C(F)(F)F. The fraction of sp³-hybridized carbons (Fsp3) is 0.300. The molecule has 1 amide bonds. The first-order valence-electron chi connectivity index (χ1n) is 9.48. The van der Waals surface area contributed by atoms with E-state index in [1.807, 2.05) is 5.32 Å². The zero-order chi connectivity index (χ0) is 25.3. The first-order valence-corrected chi connectivity index (χ1v) is 9.48. The van der Waals surface area contributed by atoms with Gasteiger partial charge in [-0.1, -0.05) is 0 Å². The molecule has 1 aromatic heterocycles. The normalized spacial score (nSPS) is 18.4. The van der Waals surface area contributed by atoms with Crippen LogP contribution in [-0.4, -0.2) is 40.4 Å². The van der Waals surface area contributed by atoms with Crippen molar-refractivity contribution < 1.29 is 45.1 Å². The second-order valence-corrected chi connectivity index (χ2v) is 7.22. The van der Waals surface area contributed by atoms with E-state index in [-0.39, 0.29) is 18.2 Å². The van der Waals surface area contributed by atoms with Gasteiger partial charge < -0.3 is 15.8 Å². The number of hydrogen-bond acceptors (Lipinski definition) is 6. The fourth-order valence-corrected chi connectivity index (χ4v) is 3.05. The molecule has 1 fully saturated rings. The summed E-state index contributed by atoms with van der Waals surface area (Å²) in [4.78, 5) is 31.9. The van der Waals surface area contributed by atoms with E-state index in [1.165, 1.54) is 0 Å². The Kier molecular flexibility index (Phi) is 6.91. The van der Waals surface area contributed by atoms with Crippen LogP contribution < -0.4 is 11.1 Å². The summed E-state index contributed by atoms with van der Waals surface area (Å²) < 4.78 is 98.0. The van der Waals surface area contributed by atoms with Crippen molar-refractivity contribution in [2.24, 2.45) is 5.73 Å². The summed E-state index contributed by atoms with van der Waals surface area (Å²) in [6.45, 7) is -1.01. The van der Waals surface area contributed by atoms with Crippen LogP contribution in [0.1, 0.15) is 24.6 Å². The Balaban J connectivity index is 2.06. The minimum atomic E-state index is -5.09. The van der Waals surface area contributed by atoms with Crippen LogP contribution in [0.15, 0.2) is 36.3 Å². The number of halogens is 7. The van der Waals surface area contributed by atoms with E-state index in [0.717, 1.165) is 18.5 Å². The number of rotatable bonds is 5. The largest absolute Gasteiger partial charge is 0.430 e. The van der Waals surface area contributed by atoms with Gasteiger partial charge in [0.1, 0.15) is 42.1 Å². The number of carbonyl (C=O) groups excluding carboxylic acids is 2. The molecular formula is C20H15F7N4O3.